The van der Waals surface area contributed by atoms with Gasteiger partial charge in [-0.05, 0) is 38.1 Å². The third-order valence-electron chi connectivity index (χ3n) is 5.26. The summed E-state index contributed by atoms with van der Waals surface area (Å²) in [5, 5.41) is 46.0. The second-order valence-electron chi connectivity index (χ2n) is 9.07. The van der Waals surface area contributed by atoms with Crippen LogP contribution in [0, 0.1) is 5.92 Å². The van der Waals surface area contributed by atoms with E-state index in [1.165, 1.54) is 0 Å². The Balaban J connectivity index is 5.56. The van der Waals surface area contributed by atoms with Gasteiger partial charge in [0.05, 0.1) is 19.6 Å². The molecule has 38 heavy (non-hydrogen) atoms. The lowest BCUT2D eigenvalue weighted by molar-refractivity contribution is -0.142. The Morgan fingerprint density at radius 2 is 1.21 bits per heavy atom. The standard InChI is InChI=1S/C22H40N6O10/c1-11(2)7-14(27-20(35)15(8-17(31)32)26-18(33)12(24)9-29)19(34)28-16(10-30)21(36)25-13(22(37)38)5-3-4-6-23/h11-16,29-30H,3-10,23-24H2,1-2H3,(H,25,36)(H,26,33)(H,27,35)(H,28,34)(H,31,32)(H,37,38)/t12-,13-,14-,15-,16-/m0/s1. The second kappa shape index (κ2) is 18.0. The molecule has 0 bridgehead atoms. The number of aliphatic hydroxyl groups is 2. The van der Waals surface area contributed by atoms with Gasteiger partial charge in [-0.2, -0.15) is 0 Å². The fourth-order valence-electron chi connectivity index (χ4n) is 3.21. The number of carboxylic acid groups (broad SMARTS) is 2. The van der Waals surface area contributed by atoms with Crippen molar-refractivity contribution < 1.29 is 49.2 Å². The number of hydrogen-bond acceptors (Lipinski definition) is 10. The summed E-state index contributed by atoms with van der Waals surface area (Å²) in [5.74, 6) is -6.84. The summed E-state index contributed by atoms with van der Waals surface area (Å²) in [6.45, 7) is 2.14. The number of carboxylic acids is 2. The number of nitrogens with one attached hydrogen (secondary N) is 4. The zero-order chi connectivity index (χ0) is 29.4. The van der Waals surface area contributed by atoms with Crippen molar-refractivity contribution in [3.8, 4) is 0 Å². The molecular weight excluding hydrogens is 508 g/mol. The van der Waals surface area contributed by atoms with Crippen molar-refractivity contribution in [2.45, 2.75) is 76.2 Å². The molecule has 16 nitrogen and oxygen atoms in total. The van der Waals surface area contributed by atoms with Crippen LogP contribution >= 0.6 is 0 Å². The number of aliphatic carboxylic acids is 2. The highest BCUT2D eigenvalue weighted by Crippen LogP contribution is 2.08. The largest absolute Gasteiger partial charge is 0.481 e. The molecule has 218 valence electrons. The number of aliphatic hydroxyl groups excluding tert-OH is 2. The lowest BCUT2D eigenvalue weighted by Gasteiger charge is -2.26. The maximum Gasteiger partial charge on any atom is 0.326 e. The number of unbranched alkanes of at least 4 members (excludes halogenated alkanes) is 1. The number of rotatable bonds is 19. The Morgan fingerprint density at radius 3 is 1.68 bits per heavy atom. The molecule has 12 N–H and O–H groups in total. The quantitative estimate of drug-likeness (QED) is 0.0691. The van der Waals surface area contributed by atoms with E-state index >= 15 is 0 Å². The minimum absolute atomic E-state index is 0.0259. The van der Waals surface area contributed by atoms with Crippen molar-refractivity contribution in [1.82, 2.24) is 21.3 Å². The average Bonchev–Trinajstić information content (AvgIpc) is 2.84. The minimum Gasteiger partial charge on any atom is -0.481 e. The maximum absolute atomic E-state index is 12.9. The van der Waals surface area contributed by atoms with Gasteiger partial charge in [-0.25, -0.2) is 4.79 Å². The fourth-order valence-corrected chi connectivity index (χ4v) is 3.21. The summed E-state index contributed by atoms with van der Waals surface area (Å²) in [5.41, 5.74) is 10.8. The van der Waals surface area contributed by atoms with Crippen LogP contribution in [0.1, 0.15) is 46.0 Å². The van der Waals surface area contributed by atoms with Crippen LogP contribution in [0.3, 0.4) is 0 Å². The molecule has 0 aliphatic carbocycles. The number of carbonyl (C=O) groups excluding carboxylic acids is 4. The molecule has 0 saturated heterocycles. The van der Waals surface area contributed by atoms with E-state index in [9.17, 15) is 39.0 Å². The first-order chi connectivity index (χ1) is 17.8. The van der Waals surface area contributed by atoms with Gasteiger partial charge in [0.2, 0.25) is 23.6 Å². The average molecular weight is 549 g/mol. The summed E-state index contributed by atoms with van der Waals surface area (Å²) in [7, 11) is 0. The maximum atomic E-state index is 12.9. The Kier molecular flexibility index (Phi) is 16.4. The summed E-state index contributed by atoms with van der Waals surface area (Å²) < 4.78 is 0. The molecule has 0 aliphatic rings. The van der Waals surface area contributed by atoms with Crippen LogP contribution in [0.5, 0.6) is 0 Å². The van der Waals surface area contributed by atoms with E-state index in [1.54, 1.807) is 13.8 Å². The van der Waals surface area contributed by atoms with Crippen LogP contribution in [-0.2, 0) is 28.8 Å². The van der Waals surface area contributed by atoms with Gasteiger partial charge < -0.3 is 53.2 Å². The number of carbonyl (C=O) groups is 6. The van der Waals surface area contributed by atoms with Gasteiger partial charge in [0.15, 0.2) is 0 Å². The molecule has 0 aromatic rings. The molecule has 0 rings (SSSR count). The summed E-state index contributed by atoms with van der Waals surface area (Å²) in [6, 6.07) is -7.20. The first kappa shape index (κ1) is 34.7. The smallest absolute Gasteiger partial charge is 0.326 e. The monoisotopic (exact) mass is 548 g/mol. The molecule has 0 saturated carbocycles. The molecule has 0 fully saturated rings. The van der Waals surface area contributed by atoms with E-state index in [4.69, 9.17) is 21.7 Å². The molecule has 0 radical (unpaired) electrons. The Hall–Kier alpha value is -3.34. The molecule has 0 unspecified atom stereocenters. The summed E-state index contributed by atoms with van der Waals surface area (Å²) in [4.78, 5) is 72.9. The highest BCUT2D eigenvalue weighted by atomic mass is 16.4. The van der Waals surface area contributed by atoms with Crippen molar-refractivity contribution in [2.24, 2.45) is 17.4 Å². The lowest BCUT2D eigenvalue weighted by Crippen LogP contribution is -2.59. The van der Waals surface area contributed by atoms with Crippen molar-refractivity contribution in [3.05, 3.63) is 0 Å². The van der Waals surface area contributed by atoms with Crippen LogP contribution < -0.4 is 32.7 Å². The lowest BCUT2D eigenvalue weighted by atomic mass is 10.0. The summed E-state index contributed by atoms with van der Waals surface area (Å²) in [6.07, 6.45) is 0.203. The minimum atomic E-state index is -1.64. The number of nitrogens with two attached hydrogens (primary N) is 2. The van der Waals surface area contributed by atoms with Gasteiger partial charge in [0, 0.05) is 0 Å². The van der Waals surface area contributed by atoms with Gasteiger partial charge in [0.25, 0.3) is 0 Å². The zero-order valence-electron chi connectivity index (χ0n) is 21.5. The molecular formula is C22H40N6O10. The highest BCUT2D eigenvalue weighted by Gasteiger charge is 2.32. The van der Waals surface area contributed by atoms with Crippen LogP contribution in [-0.4, -0.2) is 106 Å². The van der Waals surface area contributed by atoms with Gasteiger partial charge in [-0.15, -0.1) is 0 Å². The predicted octanol–water partition coefficient (Wildman–Crippen LogP) is -4.03. The Labute approximate surface area is 219 Å². The molecule has 4 amide bonds. The van der Waals surface area contributed by atoms with Gasteiger partial charge in [0.1, 0.15) is 30.2 Å². The molecule has 0 spiro atoms. The third-order valence-corrected chi connectivity index (χ3v) is 5.26. The van der Waals surface area contributed by atoms with E-state index in [0.717, 1.165) is 0 Å². The SMILES string of the molecule is CC(C)C[C@H](NC(=O)[C@H](CC(=O)O)NC(=O)[C@@H](N)CO)C(=O)N[C@@H](CO)C(=O)N[C@@H](CCCCN)C(=O)O. The van der Waals surface area contributed by atoms with E-state index in [-0.39, 0.29) is 18.8 Å². The molecule has 0 aliphatic heterocycles. The molecule has 0 heterocycles. The van der Waals surface area contributed by atoms with E-state index < -0.39 is 85.4 Å². The van der Waals surface area contributed by atoms with E-state index in [2.05, 4.69) is 21.3 Å². The van der Waals surface area contributed by atoms with Crippen molar-refractivity contribution in [3.63, 3.8) is 0 Å². The fraction of sp³-hybridized carbons (Fsp3) is 0.727. The molecule has 16 heteroatoms. The zero-order valence-corrected chi connectivity index (χ0v) is 21.5. The molecule has 5 atom stereocenters. The highest BCUT2D eigenvalue weighted by molar-refractivity contribution is 5.96. The van der Waals surface area contributed by atoms with Crippen molar-refractivity contribution in [1.29, 1.82) is 0 Å². The predicted molar refractivity (Wildman–Crippen MR) is 132 cm³/mol. The topological polar surface area (TPSA) is 284 Å². The number of amides is 4. The normalized spacial score (nSPS) is 14.9. The van der Waals surface area contributed by atoms with E-state index in [1.807, 2.05) is 0 Å². The first-order valence-electron chi connectivity index (χ1n) is 12.1. The van der Waals surface area contributed by atoms with Crippen LogP contribution in [0.15, 0.2) is 0 Å². The number of hydrogen-bond donors (Lipinski definition) is 10. The van der Waals surface area contributed by atoms with Gasteiger partial charge in [-0.3, -0.25) is 24.0 Å². The van der Waals surface area contributed by atoms with Crippen molar-refractivity contribution in [2.75, 3.05) is 19.8 Å². The van der Waals surface area contributed by atoms with Gasteiger partial charge in [-0.1, -0.05) is 13.8 Å². The van der Waals surface area contributed by atoms with Crippen molar-refractivity contribution >= 4 is 35.6 Å². The van der Waals surface area contributed by atoms with E-state index in [0.29, 0.717) is 19.4 Å². The molecule has 0 aromatic heterocycles. The Bertz CT molecular complexity index is 824. The van der Waals surface area contributed by atoms with Crippen LogP contribution in [0.4, 0.5) is 0 Å². The first-order valence-corrected chi connectivity index (χ1v) is 12.1. The van der Waals surface area contributed by atoms with Crippen LogP contribution in [0.25, 0.3) is 0 Å². The molecule has 0 aromatic carbocycles. The Morgan fingerprint density at radius 1 is 0.711 bits per heavy atom. The van der Waals surface area contributed by atoms with Crippen LogP contribution in [0.2, 0.25) is 0 Å². The summed E-state index contributed by atoms with van der Waals surface area (Å²) >= 11 is 0. The second-order valence-corrected chi connectivity index (χ2v) is 9.07. The van der Waals surface area contributed by atoms with Gasteiger partial charge >= 0.3 is 11.9 Å². The third kappa shape index (κ3) is 13.3.